The highest BCUT2D eigenvalue weighted by Gasteiger charge is 2.34. The highest BCUT2D eigenvalue weighted by molar-refractivity contribution is 6.30. The number of carbonyl (C=O) groups is 1. The smallest absolute Gasteiger partial charge is 0.354 e. The fourth-order valence-electron chi connectivity index (χ4n) is 5.00. The van der Waals surface area contributed by atoms with Crippen molar-refractivity contribution in [1.82, 2.24) is 29.5 Å². The lowest BCUT2D eigenvalue weighted by molar-refractivity contribution is -0.138. The molecule has 12 heteroatoms. The number of amides is 1. The molecule has 196 valence electrons. The van der Waals surface area contributed by atoms with Gasteiger partial charge < -0.3 is 9.80 Å². The van der Waals surface area contributed by atoms with Gasteiger partial charge in [0.25, 0.3) is 0 Å². The maximum atomic E-state index is 13.3. The van der Waals surface area contributed by atoms with Gasteiger partial charge in [0.1, 0.15) is 5.82 Å². The van der Waals surface area contributed by atoms with Gasteiger partial charge in [-0.2, -0.15) is 18.3 Å². The van der Waals surface area contributed by atoms with E-state index in [9.17, 15) is 18.0 Å². The molecule has 8 nitrogen and oxygen atoms in total. The summed E-state index contributed by atoms with van der Waals surface area (Å²) in [5, 5.41) is 5.09. The molecule has 0 radical (unpaired) electrons. The molecule has 37 heavy (non-hydrogen) atoms. The van der Waals surface area contributed by atoms with Crippen molar-refractivity contribution in [2.45, 2.75) is 45.1 Å². The summed E-state index contributed by atoms with van der Waals surface area (Å²) in [4.78, 5) is 27.9. The number of rotatable bonds is 4. The first kappa shape index (κ1) is 25.5. The van der Waals surface area contributed by atoms with Gasteiger partial charge in [-0.05, 0) is 38.1 Å². The Labute approximate surface area is 217 Å². The highest BCUT2D eigenvalue weighted by atomic mass is 35.5. The molecule has 2 aliphatic rings. The Kier molecular flexibility index (Phi) is 6.84. The van der Waals surface area contributed by atoms with Crippen LogP contribution in [0.5, 0.6) is 0 Å². The molecule has 5 rings (SSSR count). The van der Waals surface area contributed by atoms with Crippen molar-refractivity contribution < 1.29 is 18.0 Å². The Bertz CT molecular complexity index is 1250. The second-order valence-corrected chi connectivity index (χ2v) is 10.1. The summed E-state index contributed by atoms with van der Waals surface area (Å²) in [6.45, 7) is 7.00. The van der Waals surface area contributed by atoms with E-state index < -0.39 is 11.7 Å². The SMILES string of the molecule is C[C@@H]1CN(c2ccc(Cl)cn2)C[C@H](C)N1CC(=O)N1CCc2nn(-c3ccc(C(F)(F)F)cn3)cc2C1. The Morgan fingerprint density at radius 3 is 2.38 bits per heavy atom. The van der Waals surface area contributed by atoms with E-state index in [1.165, 1.54) is 10.7 Å². The van der Waals surface area contributed by atoms with Crippen LogP contribution in [-0.2, 0) is 23.9 Å². The third-order valence-corrected chi connectivity index (χ3v) is 7.20. The van der Waals surface area contributed by atoms with Crippen molar-refractivity contribution in [2.75, 3.05) is 31.1 Å². The van der Waals surface area contributed by atoms with Gasteiger partial charge in [-0.3, -0.25) is 9.69 Å². The molecule has 0 aliphatic carbocycles. The summed E-state index contributed by atoms with van der Waals surface area (Å²) in [6, 6.07) is 6.33. The van der Waals surface area contributed by atoms with Crippen molar-refractivity contribution in [3.05, 3.63) is 64.7 Å². The maximum absolute atomic E-state index is 13.3. The molecular formula is C25H27ClF3N7O. The number of alkyl halides is 3. The van der Waals surface area contributed by atoms with Crippen LogP contribution in [0.2, 0.25) is 5.02 Å². The largest absolute Gasteiger partial charge is 0.417 e. The number of anilines is 1. The van der Waals surface area contributed by atoms with Crippen LogP contribution in [0, 0.1) is 0 Å². The summed E-state index contributed by atoms with van der Waals surface area (Å²) >= 11 is 5.97. The zero-order chi connectivity index (χ0) is 26.3. The van der Waals surface area contributed by atoms with E-state index in [0.717, 1.165) is 42.4 Å². The van der Waals surface area contributed by atoms with Crippen LogP contribution in [0.15, 0.2) is 42.9 Å². The van der Waals surface area contributed by atoms with E-state index in [1.54, 1.807) is 12.4 Å². The molecule has 2 atom stereocenters. The number of aromatic nitrogens is 4. The molecule has 3 aromatic rings. The van der Waals surface area contributed by atoms with E-state index in [4.69, 9.17) is 11.6 Å². The summed E-state index contributed by atoms with van der Waals surface area (Å²) in [5.41, 5.74) is 0.899. The lowest BCUT2D eigenvalue weighted by Gasteiger charge is -2.45. The molecule has 0 saturated carbocycles. The number of halogens is 4. The zero-order valence-electron chi connectivity index (χ0n) is 20.5. The number of fused-ring (bicyclic) bond motifs is 1. The van der Waals surface area contributed by atoms with Crippen molar-refractivity contribution in [3.63, 3.8) is 0 Å². The average molecular weight is 534 g/mol. The number of hydrogen-bond donors (Lipinski definition) is 0. The number of carbonyl (C=O) groups excluding carboxylic acids is 1. The first-order valence-electron chi connectivity index (χ1n) is 12.1. The molecule has 5 heterocycles. The molecule has 1 amide bonds. The topological polar surface area (TPSA) is 70.4 Å². The second-order valence-electron chi connectivity index (χ2n) is 9.62. The molecule has 1 saturated heterocycles. The molecule has 3 aromatic heterocycles. The van der Waals surface area contributed by atoms with E-state index in [-0.39, 0.29) is 18.0 Å². The number of hydrogen-bond acceptors (Lipinski definition) is 6. The van der Waals surface area contributed by atoms with Crippen LogP contribution in [0.3, 0.4) is 0 Å². The minimum absolute atomic E-state index is 0.0443. The summed E-state index contributed by atoms with van der Waals surface area (Å²) in [7, 11) is 0. The standard InChI is InChI=1S/C25H27ClF3N7O/c1-16-11-34(22-6-4-20(26)10-31-22)12-17(2)35(16)15-24(37)33-8-7-21-18(13-33)14-36(32-21)23-5-3-19(9-30-23)25(27,28)29/h3-6,9-10,14,16-17H,7-8,11-13,15H2,1-2H3/t16-,17+. The summed E-state index contributed by atoms with van der Waals surface area (Å²) in [5.74, 6) is 1.22. The van der Waals surface area contributed by atoms with Gasteiger partial charge in [0.2, 0.25) is 5.91 Å². The second kappa shape index (κ2) is 9.94. The van der Waals surface area contributed by atoms with Gasteiger partial charge in [-0.25, -0.2) is 14.6 Å². The molecule has 0 unspecified atom stereocenters. The quantitative estimate of drug-likeness (QED) is 0.508. The van der Waals surface area contributed by atoms with Gasteiger partial charge in [0.05, 0.1) is 22.8 Å². The van der Waals surface area contributed by atoms with Gasteiger partial charge >= 0.3 is 6.18 Å². The van der Waals surface area contributed by atoms with Crippen molar-refractivity contribution >= 4 is 23.3 Å². The molecule has 0 spiro atoms. The lowest BCUT2D eigenvalue weighted by atomic mass is 10.1. The number of pyridine rings is 2. The minimum Gasteiger partial charge on any atom is -0.354 e. The van der Waals surface area contributed by atoms with Crippen molar-refractivity contribution in [2.24, 2.45) is 0 Å². The molecule has 0 N–H and O–H groups in total. The van der Waals surface area contributed by atoms with Gasteiger partial charge in [-0.1, -0.05) is 11.6 Å². The summed E-state index contributed by atoms with van der Waals surface area (Å²) < 4.78 is 40.0. The summed E-state index contributed by atoms with van der Waals surface area (Å²) in [6.07, 6.45) is 0.326. The fourth-order valence-corrected chi connectivity index (χ4v) is 5.11. The van der Waals surface area contributed by atoms with E-state index in [2.05, 4.69) is 38.7 Å². The Morgan fingerprint density at radius 1 is 1.05 bits per heavy atom. The van der Waals surface area contributed by atoms with Crippen molar-refractivity contribution in [1.29, 1.82) is 0 Å². The first-order chi connectivity index (χ1) is 17.6. The Morgan fingerprint density at radius 2 is 1.76 bits per heavy atom. The highest BCUT2D eigenvalue weighted by Crippen LogP contribution is 2.29. The Balaban J connectivity index is 1.22. The predicted octanol–water partition coefficient (Wildman–Crippen LogP) is 3.82. The van der Waals surface area contributed by atoms with E-state index >= 15 is 0 Å². The van der Waals surface area contributed by atoms with Gasteiger partial charge in [0, 0.05) is 68.8 Å². The van der Waals surface area contributed by atoms with Gasteiger partial charge in [0.15, 0.2) is 5.82 Å². The van der Waals surface area contributed by atoms with Crippen LogP contribution in [0.25, 0.3) is 5.82 Å². The minimum atomic E-state index is -4.44. The van der Waals surface area contributed by atoms with E-state index in [1.807, 2.05) is 17.0 Å². The van der Waals surface area contributed by atoms with Crippen molar-refractivity contribution in [3.8, 4) is 5.82 Å². The maximum Gasteiger partial charge on any atom is 0.417 e. The fraction of sp³-hybridized carbons (Fsp3) is 0.440. The van der Waals surface area contributed by atoms with Crippen LogP contribution >= 0.6 is 11.6 Å². The number of nitrogens with zero attached hydrogens (tertiary/aromatic N) is 7. The van der Waals surface area contributed by atoms with Crippen LogP contribution in [-0.4, -0.2) is 73.7 Å². The van der Waals surface area contributed by atoms with Crippen LogP contribution < -0.4 is 4.90 Å². The lowest BCUT2D eigenvalue weighted by Crippen LogP contribution is -2.59. The van der Waals surface area contributed by atoms with E-state index in [0.29, 0.717) is 36.9 Å². The third-order valence-electron chi connectivity index (χ3n) is 6.97. The Hall–Kier alpha value is -3.18. The predicted molar refractivity (Wildman–Crippen MR) is 133 cm³/mol. The first-order valence-corrected chi connectivity index (χ1v) is 12.5. The van der Waals surface area contributed by atoms with Crippen LogP contribution in [0.4, 0.5) is 19.0 Å². The molecule has 2 aliphatic heterocycles. The normalized spacial score (nSPS) is 20.7. The molecule has 0 aromatic carbocycles. The molecular weight excluding hydrogens is 507 g/mol. The number of piperazine rings is 1. The monoisotopic (exact) mass is 533 g/mol. The molecule has 0 bridgehead atoms. The third kappa shape index (κ3) is 5.42. The van der Waals surface area contributed by atoms with Gasteiger partial charge in [-0.15, -0.1) is 0 Å². The zero-order valence-corrected chi connectivity index (χ0v) is 21.2. The van der Waals surface area contributed by atoms with Crippen LogP contribution in [0.1, 0.15) is 30.7 Å². The average Bonchev–Trinajstić information content (AvgIpc) is 3.29. The molecule has 1 fully saturated rings.